The van der Waals surface area contributed by atoms with Crippen LogP contribution in [0.4, 0.5) is 5.69 Å². The Hall–Kier alpha value is -1.24. The van der Waals surface area contributed by atoms with E-state index in [4.69, 9.17) is 16.3 Å². The van der Waals surface area contributed by atoms with E-state index in [2.05, 4.69) is 11.0 Å². The molecule has 3 rings (SSSR count). The topological polar surface area (TPSA) is 36.3 Å². The van der Waals surface area contributed by atoms with Crippen LogP contribution in [-0.2, 0) is 4.74 Å². The molecule has 3 nitrogen and oxygen atoms in total. The Bertz CT molecular complexity index is 512. The molecule has 2 heterocycles. The van der Waals surface area contributed by atoms with Gasteiger partial charge in [0.1, 0.15) is 6.07 Å². The molecule has 0 N–H and O–H groups in total. The maximum atomic E-state index is 9.22. The summed E-state index contributed by atoms with van der Waals surface area (Å²) in [6.45, 7) is 2.90. The Morgan fingerprint density at radius 3 is 2.70 bits per heavy atom. The summed E-state index contributed by atoms with van der Waals surface area (Å²) in [7, 11) is 0. The van der Waals surface area contributed by atoms with Crippen molar-refractivity contribution in [2.75, 3.05) is 24.6 Å². The van der Waals surface area contributed by atoms with Crippen molar-refractivity contribution < 1.29 is 4.74 Å². The lowest BCUT2D eigenvalue weighted by Gasteiger charge is -2.36. The lowest BCUT2D eigenvalue weighted by Crippen LogP contribution is -2.38. The first-order chi connectivity index (χ1) is 9.78. The number of ether oxygens (including phenoxy) is 1. The minimum atomic E-state index is 0.465. The van der Waals surface area contributed by atoms with Gasteiger partial charge in [-0.2, -0.15) is 5.26 Å². The molecule has 2 saturated heterocycles. The summed E-state index contributed by atoms with van der Waals surface area (Å²) in [6.07, 6.45) is 5.17. The zero-order valence-corrected chi connectivity index (χ0v) is 12.3. The number of benzene rings is 1. The summed E-state index contributed by atoms with van der Waals surface area (Å²) < 4.78 is 5.81. The Balaban J connectivity index is 1.69. The third-order valence-corrected chi connectivity index (χ3v) is 4.69. The molecule has 106 valence electrons. The summed E-state index contributed by atoms with van der Waals surface area (Å²) >= 11 is 6.07. The molecule has 1 aromatic rings. The Morgan fingerprint density at radius 1 is 1.25 bits per heavy atom. The van der Waals surface area contributed by atoms with Crippen LogP contribution in [0.25, 0.3) is 0 Å². The molecule has 1 unspecified atom stereocenters. The lowest BCUT2D eigenvalue weighted by molar-refractivity contribution is 0.0531. The van der Waals surface area contributed by atoms with E-state index in [1.807, 2.05) is 12.1 Å². The maximum Gasteiger partial charge on any atom is 0.101 e. The van der Waals surface area contributed by atoms with E-state index in [0.717, 1.165) is 38.2 Å². The monoisotopic (exact) mass is 290 g/mol. The van der Waals surface area contributed by atoms with Crippen molar-refractivity contribution in [2.45, 2.75) is 31.8 Å². The highest BCUT2D eigenvalue weighted by Crippen LogP contribution is 2.32. The number of rotatable bonds is 2. The number of hydrogen-bond donors (Lipinski definition) is 0. The highest BCUT2D eigenvalue weighted by molar-refractivity contribution is 6.30. The fraction of sp³-hybridized carbons (Fsp3) is 0.562. The van der Waals surface area contributed by atoms with Crippen LogP contribution in [0, 0.1) is 17.2 Å². The smallest absolute Gasteiger partial charge is 0.101 e. The summed E-state index contributed by atoms with van der Waals surface area (Å²) in [5.74, 6) is 0.679. The van der Waals surface area contributed by atoms with E-state index in [-0.39, 0.29) is 0 Å². The van der Waals surface area contributed by atoms with Crippen molar-refractivity contribution >= 4 is 17.3 Å². The highest BCUT2D eigenvalue weighted by Gasteiger charge is 2.30. The van der Waals surface area contributed by atoms with Crippen molar-refractivity contribution in [1.29, 1.82) is 5.26 Å². The number of nitriles is 1. The molecule has 0 aliphatic carbocycles. The van der Waals surface area contributed by atoms with E-state index in [1.54, 1.807) is 6.07 Å². The molecule has 0 radical (unpaired) electrons. The third kappa shape index (κ3) is 2.77. The summed E-state index contributed by atoms with van der Waals surface area (Å²) in [4.78, 5) is 2.29. The van der Waals surface area contributed by atoms with E-state index < -0.39 is 0 Å². The van der Waals surface area contributed by atoms with Crippen molar-refractivity contribution in [2.24, 2.45) is 5.92 Å². The van der Waals surface area contributed by atoms with Gasteiger partial charge in [0.05, 0.1) is 17.4 Å². The van der Waals surface area contributed by atoms with Crippen LogP contribution in [-0.4, -0.2) is 25.8 Å². The van der Waals surface area contributed by atoms with Crippen LogP contribution in [0.15, 0.2) is 18.2 Å². The first kappa shape index (κ1) is 13.7. The van der Waals surface area contributed by atoms with Crippen molar-refractivity contribution in [3.05, 3.63) is 28.8 Å². The molecule has 20 heavy (non-hydrogen) atoms. The molecule has 0 bridgehead atoms. The van der Waals surface area contributed by atoms with Crippen LogP contribution in [0.3, 0.4) is 0 Å². The third-order valence-electron chi connectivity index (χ3n) is 4.45. The Kier molecular flexibility index (Phi) is 4.14. The van der Waals surface area contributed by atoms with Crippen molar-refractivity contribution in [3.8, 4) is 6.07 Å². The molecule has 2 fully saturated rings. The van der Waals surface area contributed by atoms with Gasteiger partial charge < -0.3 is 9.64 Å². The predicted molar refractivity (Wildman–Crippen MR) is 80.1 cm³/mol. The minimum Gasteiger partial charge on any atom is -0.378 e. The van der Waals surface area contributed by atoms with Gasteiger partial charge in [0, 0.05) is 24.7 Å². The van der Waals surface area contributed by atoms with Crippen LogP contribution >= 0.6 is 11.6 Å². The van der Waals surface area contributed by atoms with Crippen LogP contribution in [0.1, 0.15) is 31.2 Å². The molecule has 0 aromatic heterocycles. The van der Waals surface area contributed by atoms with Crippen LogP contribution in [0.2, 0.25) is 5.02 Å². The Morgan fingerprint density at radius 2 is 2.05 bits per heavy atom. The number of hydrogen-bond acceptors (Lipinski definition) is 3. The summed E-state index contributed by atoms with van der Waals surface area (Å²) in [5.41, 5.74) is 1.69. The van der Waals surface area contributed by atoms with Gasteiger partial charge in [-0.15, -0.1) is 0 Å². The van der Waals surface area contributed by atoms with Crippen LogP contribution in [0.5, 0.6) is 0 Å². The zero-order valence-electron chi connectivity index (χ0n) is 11.5. The van der Waals surface area contributed by atoms with Gasteiger partial charge in [-0.05, 0) is 49.8 Å². The second kappa shape index (κ2) is 6.03. The van der Waals surface area contributed by atoms with Gasteiger partial charge in [0.25, 0.3) is 0 Å². The number of piperidine rings is 1. The van der Waals surface area contributed by atoms with Crippen molar-refractivity contribution in [1.82, 2.24) is 0 Å². The molecule has 0 amide bonds. The minimum absolute atomic E-state index is 0.465. The summed E-state index contributed by atoms with van der Waals surface area (Å²) in [5, 5.41) is 9.92. The molecule has 1 aromatic carbocycles. The molecule has 2 aliphatic rings. The van der Waals surface area contributed by atoms with Crippen molar-refractivity contribution in [3.63, 3.8) is 0 Å². The second-order valence-electron chi connectivity index (χ2n) is 5.65. The van der Waals surface area contributed by atoms with Gasteiger partial charge in [0.15, 0.2) is 0 Å². The van der Waals surface area contributed by atoms with Gasteiger partial charge >= 0.3 is 0 Å². The maximum absolute atomic E-state index is 9.22. The largest absolute Gasteiger partial charge is 0.378 e. The fourth-order valence-electron chi connectivity index (χ4n) is 3.35. The molecular formula is C16H19ClN2O. The van der Waals surface area contributed by atoms with Gasteiger partial charge in [0.2, 0.25) is 0 Å². The van der Waals surface area contributed by atoms with E-state index in [9.17, 15) is 5.26 Å². The van der Waals surface area contributed by atoms with Gasteiger partial charge in [-0.25, -0.2) is 0 Å². The average molecular weight is 291 g/mol. The molecule has 2 aliphatic heterocycles. The van der Waals surface area contributed by atoms with E-state index in [1.165, 1.54) is 12.8 Å². The number of anilines is 1. The molecule has 4 heteroatoms. The SMILES string of the molecule is N#Cc1ccc(Cl)cc1N1CCC(C2CCCO2)CC1. The molecule has 0 spiro atoms. The first-order valence-corrected chi connectivity index (χ1v) is 7.72. The molecular weight excluding hydrogens is 272 g/mol. The fourth-order valence-corrected chi connectivity index (χ4v) is 3.51. The standard InChI is InChI=1S/C16H19ClN2O/c17-14-4-3-13(11-18)15(10-14)19-7-5-12(6-8-19)16-2-1-9-20-16/h3-4,10,12,16H,1-2,5-9H2. The highest BCUT2D eigenvalue weighted by atomic mass is 35.5. The number of halogens is 1. The average Bonchev–Trinajstić information content (AvgIpc) is 3.02. The van der Waals surface area contributed by atoms with Gasteiger partial charge in [-0.3, -0.25) is 0 Å². The quantitative estimate of drug-likeness (QED) is 0.835. The molecule has 0 saturated carbocycles. The first-order valence-electron chi connectivity index (χ1n) is 7.34. The van der Waals surface area contributed by atoms with E-state index in [0.29, 0.717) is 22.6 Å². The Labute approximate surface area is 125 Å². The van der Waals surface area contributed by atoms with Crippen LogP contribution < -0.4 is 4.90 Å². The lowest BCUT2D eigenvalue weighted by atomic mass is 9.89. The number of nitrogens with zero attached hydrogens (tertiary/aromatic N) is 2. The normalized spacial score (nSPS) is 23.8. The second-order valence-corrected chi connectivity index (χ2v) is 6.09. The molecule has 1 atom stereocenters. The zero-order chi connectivity index (χ0) is 13.9. The summed E-state index contributed by atoms with van der Waals surface area (Å²) in [6, 6.07) is 7.76. The van der Waals surface area contributed by atoms with Gasteiger partial charge in [-0.1, -0.05) is 11.6 Å². The van der Waals surface area contributed by atoms with E-state index >= 15 is 0 Å². The predicted octanol–water partition coefficient (Wildman–Crippen LogP) is 3.61.